The first-order valence-electron chi connectivity index (χ1n) is 7.08. The van der Waals surface area contributed by atoms with Crippen LogP contribution in [0.1, 0.15) is 37.1 Å². The van der Waals surface area contributed by atoms with E-state index in [0.717, 1.165) is 25.7 Å². The van der Waals surface area contributed by atoms with E-state index in [-0.39, 0.29) is 17.0 Å². The van der Waals surface area contributed by atoms with Crippen molar-refractivity contribution in [2.24, 2.45) is 0 Å². The summed E-state index contributed by atoms with van der Waals surface area (Å²) < 4.78 is 38.2. The van der Waals surface area contributed by atoms with Crippen LogP contribution < -0.4 is 0 Å². The van der Waals surface area contributed by atoms with Crippen LogP contribution in [0.15, 0.2) is 9.42 Å². The summed E-state index contributed by atoms with van der Waals surface area (Å²) in [5.41, 5.74) is 0.432. The van der Waals surface area contributed by atoms with Crippen molar-refractivity contribution in [1.29, 1.82) is 0 Å². The Morgan fingerprint density at radius 1 is 1.25 bits per heavy atom. The molecule has 6 nitrogen and oxygen atoms in total. The third-order valence-electron chi connectivity index (χ3n) is 4.22. The van der Waals surface area contributed by atoms with Crippen molar-refractivity contribution < 1.29 is 17.7 Å². The number of morpholine rings is 1. The fourth-order valence-corrected chi connectivity index (χ4v) is 5.28. The van der Waals surface area contributed by atoms with Crippen molar-refractivity contribution in [2.45, 2.75) is 56.6 Å². The second kappa shape index (κ2) is 5.13. The molecule has 2 atom stereocenters. The average molecular weight is 300 g/mol. The highest BCUT2D eigenvalue weighted by atomic mass is 32.2. The second-order valence-electron chi connectivity index (χ2n) is 5.53. The van der Waals surface area contributed by atoms with Crippen LogP contribution in [0.3, 0.4) is 0 Å². The molecule has 0 aromatic carbocycles. The van der Waals surface area contributed by atoms with Gasteiger partial charge in [0.2, 0.25) is 10.0 Å². The number of fused-ring (bicyclic) bond motifs is 1. The fourth-order valence-electron chi connectivity index (χ4n) is 3.32. The zero-order chi connectivity index (χ0) is 14.3. The van der Waals surface area contributed by atoms with Gasteiger partial charge in [0.1, 0.15) is 10.6 Å². The summed E-state index contributed by atoms with van der Waals surface area (Å²) >= 11 is 0. The van der Waals surface area contributed by atoms with E-state index in [1.807, 2.05) is 0 Å². The summed E-state index contributed by atoms with van der Waals surface area (Å²) in [7, 11) is -3.55. The lowest BCUT2D eigenvalue weighted by molar-refractivity contribution is -0.0586. The highest BCUT2D eigenvalue weighted by Crippen LogP contribution is 2.33. The number of sulfonamides is 1. The van der Waals surface area contributed by atoms with E-state index in [4.69, 9.17) is 9.26 Å². The highest BCUT2D eigenvalue weighted by Gasteiger charge is 2.42. The van der Waals surface area contributed by atoms with E-state index in [2.05, 4.69) is 5.16 Å². The second-order valence-corrected chi connectivity index (χ2v) is 7.36. The molecule has 1 saturated carbocycles. The zero-order valence-corrected chi connectivity index (χ0v) is 12.6. The Kier molecular flexibility index (Phi) is 3.60. The van der Waals surface area contributed by atoms with E-state index in [1.54, 1.807) is 18.2 Å². The van der Waals surface area contributed by atoms with E-state index in [0.29, 0.717) is 24.6 Å². The molecule has 1 aromatic heterocycles. The van der Waals surface area contributed by atoms with Crippen LogP contribution in [0.5, 0.6) is 0 Å². The lowest BCUT2D eigenvalue weighted by atomic mass is 9.91. The number of hydrogen-bond donors (Lipinski definition) is 0. The topological polar surface area (TPSA) is 72.6 Å². The van der Waals surface area contributed by atoms with Gasteiger partial charge in [0, 0.05) is 6.54 Å². The van der Waals surface area contributed by atoms with E-state index < -0.39 is 10.0 Å². The number of rotatable bonds is 2. The van der Waals surface area contributed by atoms with Crippen molar-refractivity contribution >= 4 is 10.0 Å². The van der Waals surface area contributed by atoms with Crippen LogP contribution in [0.4, 0.5) is 0 Å². The van der Waals surface area contributed by atoms with E-state index >= 15 is 0 Å². The molecule has 1 aliphatic carbocycles. The van der Waals surface area contributed by atoms with Crippen LogP contribution in [0.25, 0.3) is 0 Å². The molecule has 0 radical (unpaired) electrons. The van der Waals surface area contributed by atoms with Crippen LogP contribution >= 0.6 is 0 Å². The summed E-state index contributed by atoms with van der Waals surface area (Å²) in [6.07, 6.45) is 4.01. The summed E-state index contributed by atoms with van der Waals surface area (Å²) in [6, 6.07) is -0.0452. The molecule has 2 aliphatic rings. The van der Waals surface area contributed by atoms with Crippen LogP contribution in [-0.2, 0) is 14.8 Å². The van der Waals surface area contributed by atoms with Crippen molar-refractivity contribution in [2.75, 3.05) is 13.2 Å². The van der Waals surface area contributed by atoms with Gasteiger partial charge < -0.3 is 9.26 Å². The Morgan fingerprint density at radius 3 is 2.70 bits per heavy atom. The number of hydrogen-bond acceptors (Lipinski definition) is 5. The minimum atomic E-state index is -3.55. The molecule has 1 aliphatic heterocycles. The molecule has 2 heterocycles. The molecule has 0 spiro atoms. The fraction of sp³-hybridized carbons (Fsp3) is 0.769. The van der Waals surface area contributed by atoms with Crippen molar-refractivity contribution in [1.82, 2.24) is 9.46 Å². The molecule has 3 rings (SSSR count). The van der Waals surface area contributed by atoms with Crippen LogP contribution in [-0.4, -0.2) is 43.2 Å². The predicted molar refractivity (Wildman–Crippen MR) is 71.9 cm³/mol. The first-order valence-corrected chi connectivity index (χ1v) is 8.52. The Labute approximate surface area is 119 Å². The normalized spacial score (nSPS) is 28.3. The van der Waals surface area contributed by atoms with E-state index in [9.17, 15) is 8.42 Å². The zero-order valence-electron chi connectivity index (χ0n) is 11.8. The number of nitrogens with zero attached hydrogens (tertiary/aromatic N) is 2. The largest absolute Gasteiger partial charge is 0.375 e. The molecule has 20 heavy (non-hydrogen) atoms. The molecule has 1 saturated heterocycles. The molecule has 0 N–H and O–H groups in total. The lowest BCUT2D eigenvalue weighted by Crippen LogP contribution is -2.54. The van der Waals surface area contributed by atoms with Gasteiger partial charge in [-0.25, -0.2) is 8.42 Å². The van der Waals surface area contributed by atoms with Crippen molar-refractivity contribution in [3.63, 3.8) is 0 Å². The quantitative estimate of drug-likeness (QED) is 0.830. The average Bonchev–Trinajstić information content (AvgIpc) is 2.78. The van der Waals surface area contributed by atoms with Crippen molar-refractivity contribution in [3.8, 4) is 0 Å². The van der Waals surface area contributed by atoms with Gasteiger partial charge in [-0.1, -0.05) is 18.0 Å². The standard InChI is InChI=1S/C13H20N2O4S/c1-9-13(10(2)19-14-9)20(16,17)15-7-8-18-12-6-4-3-5-11(12)15/h11-12H,3-8H2,1-2H3. The van der Waals surface area contributed by atoms with Gasteiger partial charge in [-0.2, -0.15) is 4.31 Å². The summed E-state index contributed by atoms with van der Waals surface area (Å²) in [5.74, 6) is 0.362. The third kappa shape index (κ3) is 2.17. The van der Waals surface area contributed by atoms with Gasteiger partial charge in [-0.15, -0.1) is 0 Å². The van der Waals surface area contributed by atoms with Crippen LogP contribution in [0.2, 0.25) is 0 Å². The number of ether oxygens (including phenoxy) is 1. The van der Waals surface area contributed by atoms with Gasteiger partial charge in [-0.05, 0) is 26.7 Å². The molecule has 2 fully saturated rings. The summed E-state index contributed by atoms with van der Waals surface area (Å²) in [6.45, 7) is 4.19. The maximum Gasteiger partial charge on any atom is 0.248 e. The minimum absolute atomic E-state index is 0.0350. The van der Waals surface area contributed by atoms with E-state index in [1.165, 1.54) is 0 Å². The summed E-state index contributed by atoms with van der Waals surface area (Å²) in [4.78, 5) is 0.226. The number of aryl methyl sites for hydroxylation is 2. The number of aromatic nitrogens is 1. The molecule has 0 amide bonds. The maximum absolute atomic E-state index is 12.9. The predicted octanol–water partition coefficient (Wildman–Crippen LogP) is 1.62. The SMILES string of the molecule is Cc1noc(C)c1S(=O)(=O)N1CCOC2CCCCC21. The molecule has 112 valence electrons. The molecule has 0 bridgehead atoms. The van der Waals surface area contributed by atoms with Crippen LogP contribution in [0, 0.1) is 13.8 Å². The molecule has 2 unspecified atom stereocenters. The lowest BCUT2D eigenvalue weighted by Gasteiger charge is -2.42. The van der Waals surface area contributed by atoms with Gasteiger partial charge >= 0.3 is 0 Å². The smallest absolute Gasteiger partial charge is 0.248 e. The summed E-state index contributed by atoms with van der Waals surface area (Å²) in [5, 5.41) is 3.77. The third-order valence-corrected chi connectivity index (χ3v) is 6.39. The van der Waals surface area contributed by atoms with Gasteiger partial charge in [0.25, 0.3) is 0 Å². The highest BCUT2D eigenvalue weighted by molar-refractivity contribution is 7.89. The van der Waals surface area contributed by atoms with Gasteiger partial charge in [0.05, 0.1) is 18.8 Å². The Balaban J connectivity index is 1.98. The first kappa shape index (κ1) is 14.0. The van der Waals surface area contributed by atoms with Gasteiger partial charge in [0.15, 0.2) is 5.76 Å². The van der Waals surface area contributed by atoms with Crippen molar-refractivity contribution in [3.05, 3.63) is 11.5 Å². The Bertz CT molecular complexity index is 574. The first-order chi connectivity index (χ1) is 9.51. The Morgan fingerprint density at radius 2 is 2.00 bits per heavy atom. The molecule has 7 heteroatoms. The monoisotopic (exact) mass is 300 g/mol. The molecule has 1 aromatic rings. The maximum atomic E-state index is 12.9. The Hall–Kier alpha value is -0.920. The van der Waals surface area contributed by atoms with Gasteiger partial charge in [-0.3, -0.25) is 0 Å². The molecular formula is C13H20N2O4S. The molecular weight excluding hydrogens is 280 g/mol. The minimum Gasteiger partial charge on any atom is -0.375 e.